The normalized spacial score (nSPS) is 30.9. The fourth-order valence-electron chi connectivity index (χ4n) is 4.92. The molecule has 2 atom stereocenters. The van der Waals surface area contributed by atoms with Crippen molar-refractivity contribution in [3.8, 4) is 5.75 Å². The zero-order chi connectivity index (χ0) is 19.0. The van der Waals surface area contributed by atoms with Gasteiger partial charge in [-0.3, -0.25) is 19.3 Å². The number of benzene rings is 1. The molecule has 1 aromatic rings. The minimum atomic E-state index is -0.204. The molecule has 0 N–H and O–H groups in total. The third-order valence-corrected chi connectivity index (χ3v) is 6.51. The zero-order valence-electron chi connectivity index (χ0n) is 15.9. The largest absolute Gasteiger partial charge is 0.426 e. The number of likely N-dealkylation sites (tertiary alicyclic amines) is 1. The van der Waals surface area contributed by atoms with Crippen molar-refractivity contribution in [3.63, 3.8) is 0 Å². The number of hydrogen-bond donors (Lipinski definition) is 0. The Balaban J connectivity index is 1.34. The summed E-state index contributed by atoms with van der Waals surface area (Å²) in [4.78, 5) is 39.5. The third-order valence-electron chi connectivity index (χ3n) is 6.51. The van der Waals surface area contributed by atoms with Gasteiger partial charge in [0.1, 0.15) is 5.75 Å². The molecule has 5 nitrogen and oxygen atoms in total. The van der Waals surface area contributed by atoms with Crippen LogP contribution in [0, 0.1) is 24.7 Å². The molecule has 0 bridgehead atoms. The standard InChI is InChI=1S/C22H27NO4/c1-14-6-12-17(13-7-14)27-22(26)15-8-10-16(11-9-15)23-20(24)18-4-2-3-5-19(18)21(23)25/h6-7,12-13,15-16,18-19H,2-5,8-11H2,1H3/t15?,16?,18-,19-/m0/s1. The molecule has 0 aromatic heterocycles. The average molecular weight is 369 g/mol. The van der Waals surface area contributed by atoms with Gasteiger partial charge < -0.3 is 4.74 Å². The fraction of sp³-hybridized carbons (Fsp3) is 0.591. The molecular weight excluding hydrogens is 342 g/mol. The third kappa shape index (κ3) is 3.52. The van der Waals surface area contributed by atoms with Crippen molar-refractivity contribution in [2.75, 3.05) is 0 Å². The summed E-state index contributed by atoms with van der Waals surface area (Å²) in [5.74, 6) is 0.112. The van der Waals surface area contributed by atoms with Crippen molar-refractivity contribution in [1.29, 1.82) is 0 Å². The van der Waals surface area contributed by atoms with Gasteiger partial charge in [0.25, 0.3) is 0 Å². The van der Waals surface area contributed by atoms with E-state index in [0.29, 0.717) is 31.4 Å². The number of imide groups is 1. The van der Waals surface area contributed by atoms with Gasteiger partial charge in [-0.2, -0.15) is 0 Å². The first-order valence-corrected chi connectivity index (χ1v) is 10.2. The van der Waals surface area contributed by atoms with Crippen LogP contribution in [0.15, 0.2) is 24.3 Å². The molecule has 3 aliphatic rings. The lowest BCUT2D eigenvalue weighted by Crippen LogP contribution is -2.43. The first-order chi connectivity index (χ1) is 13.0. The van der Waals surface area contributed by atoms with Crippen LogP contribution in [0.1, 0.15) is 56.9 Å². The van der Waals surface area contributed by atoms with Crippen molar-refractivity contribution >= 4 is 17.8 Å². The van der Waals surface area contributed by atoms with E-state index >= 15 is 0 Å². The maximum Gasteiger partial charge on any atom is 0.314 e. The zero-order valence-corrected chi connectivity index (χ0v) is 15.9. The molecule has 4 rings (SSSR count). The van der Waals surface area contributed by atoms with Crippen LogP contribution in [-0.2, 0) is 14.4 Å². The lowest BCUT2D eigenvalue weighted by atomic mass is 9.81. The topological polar surface area (TPSA) is 63.7 Å². The molecule has 2 amide bonds. The van der Waals surface area contributed by atoms with Gasteiger partial charge in [-0.25, -0.2) is 0 Å². The molecule has 3 fully saturated rings. The Labute approximate surface area is 160 Å². The highest BCUT2D eigenvalue weighted by Crippen LogP contribution is 2.41. The summed E-state index contributed by atoms with van der Waals surface area (Å²) >= 11 is 0. The summed E-state index contributed by atoms with van der Waals surface area (Å²) in [6, 6.07) is 7.41. The predicted octanol–water partition coefficient (Wildman–Crippen LogP) is 3.63. The van der Waals surface area contributed by atoms with Gasteiger partial charge in [0.2, 0.25) is 11.8 Å². The smallest absolute Gasteiger partial charge is 0.314 e. The van der Waals surface area contributed by atoms with Crippen LogP contribution in [0.5, 0.6) is 5.75 Å². The second-order valence-electron chi connectivity index (χ2n) is 8.28. The van der Waals surface area contributed by atoms with Gasteiger partial charge in [-0.15, -0.1) is 0 Å². The molecule has 144 valence electrons. The lowest BCUT2D eigenvalue weighted by molar-refractivity contribution is -0.144. The van der Waals surface area contributed by atoms with Crippen LogP contribution in [0.3, 0.4) is 0 Å². The highest BCUT2D eigenvalue weighted by molar-refractivity contribution is 6.05. The summed E-state index contributed by atoms with van der Waals surface area (Å²) in [5, 5.41) is 0. The molecule has 0 unspecified atom stereocenters. The highest BCUT2D eigenvalue weighted by atomic mass is 16.5. The summed E-state index contributed by atoms with van der Waals surface area (Å²) in [6.07, 6.45) is 6.53. The SMILES string of the molecule is Cc1ccc(OC(=O)C2CCC(N3C(=O)[C@H]4CCCC[C@@H]4C3=O)CC2)cc1. The van der Waals surface area contributed by atoms with E-state index in [-0.39, 0.29) is 41.6 Å². The second-order valence-corrected chi connectivity index (χ2v) is 8.28. The maximum atomic E-state index is 12.7. The van der Waals surface area contributed by atoms with E-state index in [1.165, 1.54) is 0 Å². The molecule has 1 aliphatic heterocycles. The van der Waals surface area contributed by atoms with E-state index in [1.54, 1.807) is 4.90 Å². The summed E-state index contributed by atoms with van der Waals surface area (Å²) in [5.41, 5.74) is 1.12. The Hall–Kier alpha value is -2.17. The molecule has 0 radical (unpaired) electrons. The fourth-order valence-corrected chi connectivity index (χ4v) is 4.92. The number of amides is 2. The summed E-state index contributed by atoms with van der Waals surface area (Å²) in [7, 11) is 0. The van der Waals surface area contributed by atoms with E-state index in [1.807, 2.05) is 31.2 Å². The predicted molar refractivity (Wildman–Crippen MR) is 99.9 cm³/mol. The van der Waals surface area contributed by atoms with Gasteiger partial charge >= 0.3 is 5.97 Å². The van der Waals surface area contributed by atoms with Crippen molar-refractivity contribution in [2.24, 2.45) is 17.8 Å². The molecule has 2 saturated carbocycles. The van der Waals surface area contributed by atoms with Crippen molar-refractivity contribution in [3.05, 3.63) is 29.8 Å². The Morgan fingerprint density at radius 1 is 0.889 bits per heavy atom. The van der Waals surface area contributed by atoms with Crippen LogP contribution in [0.4, 0.5) is 0 Å². The number of esters is 1. The summed E-state index contributed by atoms with van der Waals surface area (Å²) in [6.45, 7) is 1.99. The molecule has 0 spiro atoms. The Kier molecular flexibility index (Phi) is 5.02. The quantitative estimate of drug-likeness (QED) is 0.464. The second kappa shape index (κ2) is 7.45. The van der Waals surface area contributed by atoms with E-state index in [0.717, 1.165) is 31.2 Å². The van der Waals surface area contributed by atoms with Gasteiger partial charge in [-0.05, 0) is 57.6 Å². The minimum Gasteiger partial charge on any atom is -0.426 e. The van der Waals surface area contributed by atoms with Crippen LogP contribution in [0.25, 0.3) is 0 Å². The molecule has 27 heavy (non-hydrogen) atoms. The molecule has 5 heteroatoms. The number of fused-ring (bicyclic) bond motifs is 1. The Morgan fingerprint density at radius 3 is 2.00 bits per heavy atom. The average Bonchev–Trinajstić information content (AvgIpc) is 2.95. The summed E-state index contributed by atoms with van der Waals surface area (Å²) < 4.78 is 5.50. The maximum absolute atomic E-state index is 12.7. The number of aryl methyl sites for hydroxylation is 1. The number of hydrogen-bond acceptors (Lipinski definition) is 4. The number of carbonyl (C=O) groups excluding carboxylic acids is 3. The van der Waals surface area contributed by atoms with Crippen LogP contribution in [0.2, 0.25) is 0 Å². The van der Waals surface area contributed by atoms with Crippen LogP contribution < -0.4 is 4.74 Å². The van der Waals surface area contributed by atoms with Gasteiger partial charge in [0, 0.05) is 6.04 Å². The van der Waals surface area contributed by atoms with E-state index in [4.69, 9.17) is 4.74 Å². The molecule has 2 aliphatic carbocycles. The van der Waals surface area contributed by atoms with Gasteiger partial charge in [-0.1, -0.05) is 30.5 Å². The van der Waals surface area contributed by atoms with E-state index in [9.17, 15) is 14.4 Å². The number of nitrogens with zero attached hydrogens (tertiary/aromatic N) is 1. The van der Waals surface area contributed by atoms with Crippen molar-refractivity contribution in [2.45, 2.75) is 64.3 Å². The van der Waals surface area contributed by atoms with Crippen LogP contribution >= 0.6 is 0 Å². The lowest BCUT2D eigenvalue weighted by Gasteiger charge is -2.32. The minimum absolute atomic E-state index is 0.0374. The molecular formula is C22H27NO4. The van der Waals surface area contributed by atoms with Crippen molar-refractivity contribution in [1.82, 2.24) is 4.90 Å². The first kappa shape index (κ1) is 18.2. The Morgan fingerprint density at radius 2 is 1.44 bits per heavy atom. The number of rotatable bonds is 3. The molecule has 1 heterocycles. The Bertz CT molecular complexity index is 709. The van der Waals surface area contributed by atoms with E-state index < -0.39 is 0 Å². The van der Waals surface area contributed by atoms with Crippen molar-refractivity contribution < 1.29 is 19.1 Å². The first-order valence-electron chi connectivity index (χ1n) is 10.2. The highest BCUT2D eigenvalue weighted by Gasteiger charge is 2.50. The number of ether oxygens (including phenoxy) is 1. The molecule has 1 aromatic carbocycles. The molecule has 1 saturated heterocycles. The van der Waals surface area contributed by atoms with Crippen LogP contribution in [-0.4, -0.2) is 28.7 Å². The van der Waals surface area contributed by atoms with E-state index in [2.05, 4.69) is 0 Å². The number of carbonyl (C=O) groups is 3. The van der Waals surface area contributed by atoms with Gasteiger partial charge in [0.15, 0.2) is 0 Å². The van der Waals surface area contributed by atoms with Gasteiger partial charge in [0.05, 0.1) is 17.8 Å². The monoisotopic (exact) mass is 369 g/mol.